The first-order valence-corrected chi connectivity index (χ1v) is 12.3. The minimum absolute atomic E-state index is 0.0283. The van der Waals surface area contributed by atoms with Crippen molar-refractivity contribution in [1.29, 1.82) is 0 Å². The Morgan fingerprint density at radius 2 is 1.85 bits per heavy atom. The molecule has 0 bridgehead atoms. The normalized spacial score (nSPS) is 38.2. The number of epoxide rings is 2. The number of hydrogen-bond acceptors (Lipinski definition) is 7. The molecule has 1 saturated carbocycles. The number of nitrogens with zero attached hydrogens (tertiary/aromatic N) is 2. The second-order valence-electron chi connectivity index (χ2n) is 10.6. The number of ketones is 1. The SMILES string of the molecule is CO[C@@H]1[C@H](OC(=O)N2CCN(CCC(C)=O)CC2)CC[C@]2(CO2)[C@H]1[C@@]1(C)O[C@@H]1CC=C(C)C. The van der Waals surface area contributed by atoms with Crippen LogP contribution in [0.15, 0.2) is 11.6 Å². The molecule has 4 aliphatic rings. The van der Waals surface area contributed by atoms with Gasteiger partial charge in [0.2, 0.25) is 0 Å². The molecule has 0 aromatic rings. The van der Waals surface area contributed by atoms with Gasteiger partial charge in [-0.2, -0.15) is 0 Å². The highest BCUT2D eigenvalue weighted by atomic mass is 16.6. The van der Waals surface area contributed by atoms with E-state index in [1.807, 2.05) is 0 Å². The maximum atomic E-state index is 13.0. The van der Waals surface area contributed by atoms with E-state index in [4.69, 9.17) is 18.9 Å². The summed E-state index contributed by atoms with van der Waals surface area (Å²) in [7, 11) is 1.70. The van der Waals surface area contributed by atoms with Crippen LogP contribution in [0.3, 0.4) is 0 Å². The molecule has 8 heteroatoms. The molecule has 3 heterocycles. The lowest BCUT2D eigenvalue weighted by molar-refractivity contribution is -0.122. The standard InChI is InChI=1S/C25H40N2O6/c1-17(2)6-7-20-24(4,33-20)22-21(30-5)19(8-10-25(22)16-31-25)32-23(29)27-14-12-26(13-15-27)11-9-18(3)28/h6,19-22H,7-16H2,1-5H3/t19-,20-,21-,22-,24+,25+/m1/s1. The first kappa shape index (κ1) is 24.6. The molecule has 4 rings (SSSR count). The van der Waals surface area contributed by atoms with Crippen molar-refractivity contribution in [3.63, 3.8) is 0 Å². The van der Waals surface area contributed by atoms with E-state index in [1.54, 1.807) is 18.9 Å². The van der Waals surface area contributed by atoms with Crippen molar-refractivity contribution in [3.05, 3.63) is 11.6 Å². The second kappa shape index (κ2) is 9.64. The Morgan fingerprint density at radius 1 is 1.15 bits per heavy atom. The van der Waals surface area contributed by atoms with Gasteiger partial charge >= 0.3 is 6.09 Å². The topological polar surface area (TPSA) is 84.1 Å². The van der Waals surface area contributed by atoms with Crippen molar-refractivity contribution in [2.75, 3.05) is 46.4 Å². The highest BCUT2D eigenvalue weighted by Crippen LogP contribution is 2.59. The van der Waals surface area contributed by atoms with Crippen LogP contribution in [-0.2, 0) is 23.7 Å². The monoisotopic (exact) mass is 464 g/mol. The molecule has 1 spiro atoms. The average Bonchev–Trinajstić information content (AvgIpc) is 3.69. The zero-order valence-corrected chi connectivity index (χ0v) is 20.8. The van der Waals surface area contributed by atoms with Gasteiger partial charge in [0, 0.05) is 46.3 Å². The summed E-state index contributed by atoms with van der Waals surface area (Å²) in [5.74, 6) is 0.226. The number of piperazine rings is 1. The molecule has 1 aliphatic carbocycles. The van der Waals surface area contributed by atoms with Crippen LogP contribution < -0.4 is 0 Å². The minimum atomic E-state index is -0.337. The van der Waals surface area contributed by atoms with Crippen molar-refractivity contribution >= 4 is 11.9 Å². The summed E-state index contributed by atoms with van der Waals surface area (Å²) in [6, 6.07) is 0. The predicted molar refractivity (Wildman–Crippen MR) is 123 cm³/mol. The molecule has 8 nitrogen and oxygen atoms in total. The van der Waals surface area contributed by atoms with Gasteiger partial charge in [-0.3, -0.25) is 9.69 Å². The van der Waals surface area contributed by atoms with Crippen LogP contribution in [0, 0.1) is 5.92 Å². The van der Waals surface area contributed by atoms with E-state index in [0.29, 0.717) is 26.1 Å². The number of amides is 1. The summed E-state index contributed by atoms with van der Waals surface area (Å²) in [5, 5.41) is 0. The van der Waals surface area contributed by atoms with Crippen LogP contribution in [-0.4, -0.2) is 97.6 Å². The van der Waals surface area contributed by atoms with E-state index >= 15 is 0 Å². The second-order valence-corrected chi connectivity index (χ2v) is 10.6. The predicted octanol–water partition coefficient (Wildman–Crippen LogP) is 2.80. The molecule has 0 unspecified atom stereocenters. The summed E-state index contributed by atoms with van der Waals surface area (Å²) in [4.78, 5) is 28.2. The largest absolute Gasteiger partial charge is 0.443 e. The van der Waals surface area contributed by atoms with Gasteiger partial charge in [0.1, 0.15) is 29.2 Å². The molecule has 0 aromatic carbocycles. The van der Waals surface area contributed by atoms with E-state index in [1.165, 1.54) is 5.57 Å². The van der Waals surface area contributed by atoms with Gasteiger partial charge in [0.25, 0.3) is 0 Å². The zero-order chi connectivity index (χ0) is 23.8. The Bertz CT molecular complexity index is 769. The van der Waals surface area contributed by atoms with Crippen molar-refractivity contribution in [2.45, 2.75) is 82.9 Å². The number of Topliss-reactive ketones (excluding diaryl/α,β-unsaturated/α-hetero) is 1. The number of rotatable bonds is 8. The molecular formula is C25H40N2O6. The lowest BCUT2D eigenvalue weighted by atomic mass is 9.68. The number of carbonyl (C=O) groups excluding carboxylic acids is 2. The van der Waals surface area contributed by atoms with Gasteiger partial charge in [-0.05, 0) is 47.0 Å². The zero-order valence-electron chi connectivity index (χ0n) is 20.8. The van der Waals surface area contributed by atoms with Crippen LogP contribution in [0.5, 0.6) is 0 Å². The first-order chi connectivity index (χ1) is 15.7. The summed E-state index contributed by atoms with van der Waals surface area (Å²) >= 11 is 0. The van der Waals surface area contributed by atoms with Crippen LogP contribution in [0.25, 0.3) is 0 Å². The summed E-state index contributed by atoms with van der Waals surface area (Å²) in [5.41, 5.74) is 0.724. The maximum Gasteiger partial charge on any atom is 0.410 e. The summed E-state index contributed by atoms with van der Waals surface area (Å²) in [6.45, 7) is 12.2. The van der Waals surface area contributed by atoms with Crippen LogP contribution in [0.4, 0.5) is 4.79 Å². The van der Waals surface area contributed by atoms with E-state index in [9.17, 15) is 9.59 Å². The molecule has 6 atom stereocenters. The lowest BCUT2D eigenvalue weighted by Gasteiger charge is -2.43. The Hall–Kier alpha value is -1.48. The molecule has 3 aliphatic heterocycles. The van der Waals surface area contributed by atoms with Gasteiger partial charge in [-0.15, -0.1) is 0 Å². The van der Waals surface area contributed by atoms with Crippen molar-refractivity contribution < 1.29 is 28.5 Å². The van der Waals surface area contributed by atoms with Crippen LogP contribution in [0.1, 0.15) is 53.4 Å². The van der Waals surface area contributed by atoms with E-state index in [2.05, 4.69) is 31.7 Å². The number of methoxy groups -OCH3 is 1. The van der Waals surface area contributed by atoms with E-state index in [0.717, 1.165) is 38.9 Å². The smallest absolute Gasteiger partial charge is 0.410 e. The fourth-order valence-electron chi connectivity index (χ4n) is 5.74. The molecule has 4 fully saturated rings. The molecule has 186 valence electrons. The number of ether oxygens (including phenoxy) is 4. The molecular weight excluding hydrogens is 424 g/mol. The Morgan fingerprint density at radius 3 is 2.42 bits per heavy atom. The molecule has 0 radical (unpaired) electrons. The van der Waals surface area contributed by atoms with Crippen molar-refractivity contribution in [2.24, 2.45) is 5.92 Å². The Balaban J connectivity index is 1.36. The minimum Gasteiger partial charge on any atom is -0.443 e. The third-order valence-electron chi connectivity index (χ3n) is 7.90. The van der Waals surface area contributed by atoms with Gasteiger partial charge in [-0.1, -0.05) is 11.6 Å². The summed E-state index contributed by atoms with van der Waals surface area (Å²) in [6.07, 6.45) is 4.51. The average molecular weight is 465 g/mol. The van der Waals surface area contributed by atoms with Gasteiger partial charge < -0.3 is 23.8 Å². The first-order valence-electron chi connectivity index (χ1n) is 12.3. The number of hydrogen-bond donors (Lipinski definition) is 0. The number of carbonyl (C=O) groups is 2. The molecule has 33 heavy (non-hydrogen) atoms. The molecule has 1 amide bonds. The third-order valence-corrected chi connectivity index (χ3v) is 7.90. The van der Waals surface area contributed by atoms with Crippen LogP contribution >= 0.6 is 0 Å². The number of allylic oxidation sites excluding steroid dienone is 1. The molecule has 0 N–H and O–H groups in total. The van der Waals surface area contributed by atoms with Crippen LogP contribution in [0.2, 0.25) is 0 Å². The molecule has 0 aromatic heterocycles. The maximum absolute atomic E-state index is 13.0. The van der Waals surface area contributed by atoms with E-state index < -0.39 is 0 Å². The Labute approximate surface area is 197 Å². The molecule has 3 saturated heterocycles. The van der Waals surface area contributed by atoms with Crippen molar-refractivity contribution in [3.8, 4) is 0 Å². The third kappa shape index (κ3) is 5.29. The fraction of sp³-hybridized carbons (Fsp3) is 0.840. The van der Waals surface area contributed by atoms with Crippen molar-refractivity contribution in [1.82, 2.24) is 9.80 Å². The van der Waals surface area contributed by atoms with Gasteiger partial charge in [-0.25, -0.2) is 4.79 Å². The lowest BCUT2D eigenvalue weighted by Crippen LogP contribution is -2.57. The quantitative estimate of drug-likeness (QED) is 0.403. The fourth-order valence-corrected chi connectivity index (χ4v) is 5.74. The van der Waals surface area contributed by atoms with Gasteiger partial charge in [0.05, 0.1) is 18.6 Å². The highest BCUT2D eigenvalue weighted by molar-refractivity contribution is 5.75. The van der Waals surface area contributed by atoms with E-state index in [-0.39, 0.29) is 47.3 Å². The highest BCUT2D eigenvalue weighted by Gasteiger charge is 2.72. The Kier molecular flexibility index (Phi) is 7.20. The van der Waals surface area contributed by atoms with Gasteiger partial charge in [0.15, 0.2) is 0 Å². The summed E-state index contributed by atoms with van der Waals surface area (Å²) < 4.78 is 24.2.